The van der Waals surface area contributed by atoms with E-state index in [1.54, 1.807) is 0 Å². The maximum Gasteiger partial charge on any atom is 0.327 e. The van der Waals surface area contributed by atoms with Gasteiger partial charge in [0.2, 0.25) is 0 Å². The molecule has 0 atom stereocenters. The molecule has 0 saturated carbocycles. The van der Waals surface area contributed by atoms with E-state index < -0.39 is 19.6 Å². The summed E-state index contributed by atoms with van der Waals surface area (Å²) in [6.45, 7) is 1.46. The van der Waals surface area contributed by atoms with Gasteiger partial charge in [-0.2, -0.15) is 0 Å². The Morgan fingerprint density at radius 2 is 1.27 bits per heavy atom. The summed E-state index contributed by atoms with van der Waals surface area (Å²) in [6, 6.07) is 0. The molecule has 0 saturated heterocycles. The van der Waals surface area contributed by atoms with Crippen molar-refractivity contribution in [2.45, 2.75) is 0 Å². The summed E-state index contributed by atoms with van der Waals surface area (Å²) in [6.07, 6.45) is 0.833. The number of carboxylic acid groups (broad SMARTS) is 1. The van der Waals surface area contributed by atoms with Gasteiger partial charge >= 0.3 is 5.97 Å². The molecule has 0 spiro atoms. The summed E-state index contributed by atoms with van der Waals surface area (Å²) in [7, 11) is 0. The van der Waals surface area contributed by atoms with E-state index in [4.69, 9.17) is 25.5 Å². The molecule has 0 rings (SSSR count). The first-order chi connectivity index (χ1) is 5.10. The molecule has 0 fully saturated rings. The zero-order valence-electron chi connectivity index (χ0n) is 5.84. The Hall–Kier alpha value is -0.950. The maximum absolute atomic E-state index is 9.25. The minimum atomic E-state index is -0.981. The largest absolute Gasteiger partial charge is 0.478 e. The second-order valence-corrected chi connectivity index (χ2v) is 0.825. The molecule has 68 valence electrons. The van der Waals surface area contributed by atoms with Gasteiger partial charge in [0, 0.05) is 6.08 Å². The molecule has 0 aliphatic rings. The first-order valence-electron chi connectivity index (χ1n) is 2.39. The fourth-order valence-corrected chi connectivity index (χ4v) is 0. The van der Waals surface area contributed by atoms with Crippen LogP contribution in [0.25, 0.3) is 0 Å². The minimum Gasteiger partial charge on any atom is -0.478 e. The minimum absolute atomic E-state index is 0.750. The van der Waals surface area contributed by atoms with Crippen molar-refractivity contribution >= 4 is 5.97 Å². The smallest absolute Gasteiger partial charge is 0.327 e. The fraction of sp³-hybridized carbons (Fsp3) is 0.400. The molecule has 6 heteroatoms. The van der Waals surface area contributed by atoms with E-state index >= 15 is 0 Å². The molecular weight excluding hydrogens is 156 g/mol. The van der Waals surface area contributed by atoms with E-state index in [9.17, 15) is 4.79 Å². The van der Waals surface area contributed by atoms with Gasteiger partial charge in [0.05, 0.1) is 0 Å². The van der Waals surface area contributed by atoms with Crippen molar-refractivity contribution in [3.8, 4) is 0 Å². The van der Waals surface area contributed by atoms with Crippen molar-refractivity contribution in [3.05, 3.63) is 12.7 Å². The number of carboxylic acids is 1. The predicted molar refractivity (Wildman–Crippen MR) is 36.4 cm³/mol. The van der Waals surface area contributed by atoms with Gasteiger partial charge in [0.15, 0.2) is 0 Å². The first-order valence-corrected chi connectivity index (χ1v) is 2.39. The number of carbonyl (C=O) groups is 1. The highest BCUT2D eigenvalue weighted by atomic mass is 16.5. The van der Waals surface area contributed by atoms with Crippen LogP contribution in [-0.4, -0.2) is 45.1 Å². The topological polar surface area (TPSA) is 118 Å². The molecule has 0 aliphatic heterocycles. The van der Waals surface area contributed by atoms with E-state index in [1.165, 1.54) is 0 Å². The van der Waals surface area contributed by atoms with E-state index in [0.717, 1.165) is 6.08 Å². The second kappa shape index (κ2) is 23.0. The molecule has 0 amide bonds. The highest BCUT2D eigenvalue weighted by Gasteiger charge is 1.73. The Kier molecular flexibility index (Phi) is 34.6. The Bertz CT molecular complexity index is 79.0. The lowest BCUT2D eigenvalue weighted by molar-refractivity contribution is -0.131. The molecule has 0 aromatic heterocycles. The summed E-state index contributed by atoms with van der Waals surface area (Å²) in [4.78, 5) is 9.25. The van der Waals surface area contributed by atoms with Gasteiger partial charge < -0.3 is 25.5 Å². The number of rotatable bonds is 1. The number of aliphatic carboxylic acids is 1. The average molecular weight is 168 g/mol. The van der Waals surface area contributed by atoms with Crippen molar-refractivity contribution in [1.29, 1.82) is 0 Å². The summed E-state index contributed by atoms with van der Waals surface area (Å²) >= 11 is 0. The second-order valence-electron chi connectivity index (χ2n) is 0.825. The van der Waals surface area contributed by atoms with Gasteiger partial charge in [0.1, 0.15) is 13.6 Å². The lowest BCUT2D eigenvalue weighted by Crippen LogP contribution is -1.82. The highest BCUT2D eigenvalue weighted by Crippen LogP contribution is 1.54. The van der Waals surface area contributed by atoms with Crippen molar-refractivity contribution in [2.24, 2.45) is 0 Å². The van der Waals surface area contributed by atoms with Crippen LogP contribution >= 0.6 is 0 Å². The van der Waals surface area contributed by atoms with Gasteiger partial charge in [-0.05, 0) is 0 Å². The molecule has 0 aromatic carbocycles. The molecule has 0 radical (unpaired) electrons. The summed E-state index contributed by atoms with van der Waals surface area (Å²) in [5.74, 6) is -0.981. The monoisotopic (exact) mass is 168 g/mol. The van der Waals surface area contributed by atoms with Gasteiger partial charge in [-0.1, -0.05) is 6.58 Å². The van der Waals surface area contributed by atoms with Crippen molar-refractivity contribution in [1.82, 2.24) is 0 Å². The third-order valence-electron chi connectivity index (χ3n) is 0.175. The Morgan fingerprint density at radius 3 is 1.27 bits per heavy atom. The van der Waals surface area contributed by atoms with Crippen LogP contribution in [0.2, 0.25) is 0 Å². The van der Waals surface area contributed by atoms with Gasteiger partial charge in [-0.3, -0.25) is 0 Å². The van der Waals surface area contributed by atoms with E-state index in [0.29, 0.717) is 0 Å². The first kappa shape index (κ1) is 16.6. The standard InChI is InChI=1S/C3H4O2.2CH4O2/c1-2-3(4)5;2*2-1-3/h2H,1H2,(H,4,5);2*2-3H,1H2. The molecule has 0 heterocycles. The molecule has 0 aromatic rings. The van der Waals surface area contributed by atoms with Crippen LogP contribution in [-0.2, 0) is 4.79 Å². The SMILES string of the molecule is C=CC(=O)O.OCO.OCO. The molecule has 0 aliphatic carbocycles. The Balaban J connectivity index is -0.0000000933. The van der Waals surface area contributed by atoms with E-state index in [-0.39, 0.29) is 0 Å². The molecule has 11 heavy (non-hydrogen) atoms. The zero-order chi connectivity index (χ0) is 9.70. The van der Waals surface area contributed by atoms with Gasteiger partial charge in [0.25, 0.3) is 0 Å². The number of hydrogen-bond donors (Lipinski definition) is 5. The predicted octanol–water partition coefficient (Wildman–Crippen LogP) is -1.89. The van der Waals surface area contributed by atoms with Crippen LogP contribution in [0.1, 0.15) is 0 Å². The number of hydrogen-bond acceptors (Lipinski definition) is 5. The van der Waals surface area contributed by atoms with Crippen molar-refractivity contribution in [3.63, 3.8) is 0 Å². The lowest BCUT2D eigenvalue weighted by atomic mass is 10.7. The van der Waals surface area contributed by atoms with Crippen LogP contribution in [0.15, 0.2) is 12.7 Å². The fourth-order valence-electron chi connectivity index (χ4n) is 0. The van der Waals surface area contributed by atoms with Crippen LogP contribution in [0.5, 0.6) is 0 Å². The van der Waals surface area contributed by atoms with Crippen molar-refractivity contribution < 1.29 is 30.3 Å². The van der Waals surface area contributed by atoms with Crippen molar-refractivity contribution in [2.75, 3.05) is 13.6 Å². The average Bonchev–Trinajstić information content (AvgIpc) is 1.91. The zero-order valence-corrected chi connectivity index (χ0v) is 5.84. The van der Waals surface area contributed by atoms with Gasteiger partial charge in [-0.25, -0.2) is 4.79 Å². The van der Waals surface area contributed by atoms with E-state index in [2.05, 4.69) is 6.58 Å². The summed E-state index contributed by atoms with van der Waals surface area (Å²) in [5.41, 5.74) is 0. The summed E-state index contributed by atoms with van der Waals surface area (Å²) in [5, 5.41) is 36.1. The van der Waals surface area contributed by atoms with E-state index in [1.807, 2.05) is 0 Å². The highest BCUT2D eigenvalue weighted by molar-refractivity contribution is 5.78. The molecule has 6 nitrogen and oxygen atoms in total. The third-order valence-corrected chi connectivity index (χ3v) is 0.175. The van der Waals surface area contributed by atoms with Crippen LogP contribution in [0, 0.1) is 0 Å². The van der Waals surface area contributed by atoms with Crippen LogP contribution < -0.4 is 0 Å². The maximum atomic E-state index is 9.25. The quantitative estimate of drug-likeness (QED) is 0.231. The molecule has 5 N–H and O–H groups in total. The van der Waals surface area contributed by atoms with Crippen LogP contribution in [0.4, 0.5) is 0 Å². The molecular formula is C5H12O6. The Labute approximate surface area is 63.7 Å². The Morgan fingerprint density at radius 1 is 1.18 bits per heavy atom. The van der Waals surface area contributed by atoms with Crippen LogP contribution in [0.3, 0.4) is 0 Å². The molecule has 0 bridgehead atoms. The lowest BCUT2D eigenvalue weighted by Gasteiger charge is -1.64. The normalized spacial score (nSPS) is 6.18. The number of aliphatic hydroxyl groups excluding tert-OH is 2. The summed E-state index contributed by atoms with van der Waals surface area (Å²) < 4.78 is 0. The third kappa shape index (κ3) is 408. The van der Waals surface area contributed by atoms with Gasteiger partial charge in [-0.15, -0.1) is 0 Å². The number of aliphatic hydroxyl groups is 4. The molecule has 0 unspecified atom stereocenters.